The third-order valence-electron chi connectivity index (χ3n) is 6.25. The molecule has 2 fully saturated rings. The molecule has 2 heterocycles. The van der Waals surface area contributed by atoms with E-state index in [9.17, 15) is 4.39 Å². The fourth-order valence-electron chi connectivity index (χ4n) is 3.70. The summed E-state index contributed by atoms with van der Waals surface area (Å²) in [6.45, 7) is 11.9. The number of hydrogen-bond donors (Lipinski definition) is 0. The highest BCUT2D eigenvalue weighted by Crippen LogP contribution is 2.36. The van der Waals surface area contributed by atoms with E-state index < -0.39 is 18.3 Å². The molecule has 0 aromatic heterocycles. The molecule has 4 nitrogen and oxygen atoms in total. The molecule has 26 heavy (non-hydrogen) atoms. The molecule has 0 N–H and O–H groups in total. The zero-order chi connectivity index (χ0) is 19.1. The second-order valence-corrected chi connectivity index (χ2v) is 8.65. The van der Waals surface area contributed by atoms with Crippen molar-refractivity contribution in [2.45, 2.75) is 77.4 Å². The third-order valence-corrected chi connectivity index (χ3v) is 6.25. The fourth-order valence-corrected chi connectivity index (χ4v) is 3.70. The van der Waals surface area contributed by atoms with E-state index in [0.717, 1.165) is 31.5 Å². The van der Waals surface area contributed by atoms with Gasteiger partial charge in [0.15, 0.2) is 0 Å². The summed E-state index contributed by atoms with van der Waals surface area (Å²) in [5, 5.41) is 0. The van der Waals surface area contributed by atoms with Crippen LogP contribution in [-0.2, 0) is 20.6 Å². The van der Waals surface area contributed by atoms with Gasteiger partial charge in [-0.05, 0) is 59.1 Å². The quantitative estimate of drug-likeness (QED) is 0.770. The number of benzene rings is 1. The predicted molar refractivity (Wildman–Crippen MR) is 102 cm³/mol. The van der Waals surface area contributed by atoms with Gasteiger partial charge in [-0.3, -0.25) is 4.90 Å². The van der Waals surface area contributed by atoms with Crippen molar-refractivity contribution < 1.29 is 18.4 Å². The number of piperidine rings is 1. The van der Waals surface area contributed by atoms with Crippen molar-refractivity contribution >= 4 is 12.6 Å². The molecule has 0 saturated carbocycles. The molecular formula is C20H31BFNO3. The van der Waals surface area contributed by atoms with Crippen LogP contribution in [0.5, 0.6) is 0 Å². The first-order chi connectivity index (χ1) is 12.1. The lowest BCUT2D eigenvalue weighted by molar-refractivity contribution is 0.00578. The molecule has 1 aromatic rings. The lowest BCUT2D eigenvalue weighted by Crippen LogP contribution is -2.43. The molecule has 0 aliphatic carbocycles. The van der Waals surface area contributed by atoms with Crippen LogP contribution in [0.25, 0.3) is 0 Å². The molecule has 2 unspecified atom stereocenters. The van der Waals surface area contributed by atoms with Gasteiger partial charge < -0.3 is 14.0 Å². The maximum absolute atomic E-state index is 14.5. The van der Waals surface area contributed by atoms with Gasteiger partial charge >= 0.3 is 7.12 Å². The number of nitrogens with zero attached hydrogens (tertiary/aromatic N) is 1. The molecule has 0 amide bonds. The average molecular weight is 363 g/mol. The Morgan fingerprint density at radius 1 is 1.23 bits per heavy atom. The smallest absolute Gasteiger partial charge is 0.399 e. The van der Waals surface area contributed by atoms with Crippen LogP contribution in [0, 0.1) is 5.82 Å². The Labute approximate surface area is 157 Å². The first-order valence-corrected chi connectivity index (χ1v) is 9.54. The molecule has 2 saturated heterocycles. The second kappa shape index (κ2) is 7.23. The molecule has 0 spiro atoms. The molecule has 144 valence electrons. The normalized spacial score (nSPS) is 28.5. The summed E-state index contributed by atoms with van der Waals surface area (Å²) < 4.78 is 32.0. The summed E-state index contributed by atoms with van der Waals surface area (Å²) in [5.41, 5.74) is 0.618. The van der Waals surface area contributed by atoms with E-state index in [2.05, 4.69) is 11.8 Å². The Balaban J connectivity index is 1.75. The summed E-state index contributed by atoms with van der Waals surface area (Å²) >= 11 is 0. The maximum Gasteiger partial charge on any atom is 0.497 e. The lowest BCUT2D eigenvalue weighted by Gasteiger charge is -2.37. The number of ether oxygens (including phenoxy) is 1. The minimum Gasteiger partial charge on any atom is -0.399 e. The zero-order valence-corrected chi connectivity index (χ0v) is 16.8. The van der Waals surface area contributed by atoms with Gasteiger partial charge in [-0.15, -0.1) is 0 Å². The molecule has 3 rings (SSSR count). The summed E-state index contributed by atoms with van der Waals surface area (Å²) in [4.78, 5) is 2.43. The molecular weight excluding hydrogens is 332 g/mol. The number of rotatable bonds is 4. The van der Waals surface area contributed by atoms with Crippen LogP contribution in [0.2, 0.25) is 0 Å². The number of halogens is 1. The highest BCUT2D eigenvalue weighted by molar-refractivity contribution is 6.62. The third kappa shape index (κ3) is 3.84. The Hall–Kier alpha value is -0.945. The van der Waals surface area contributed by atoms with Gasteiger partial charge in [0.25, 0.3) is 0 Å². The van der Waals surface area contributed by atoms with Crippen molar-refractivity contribution in [2.75, 3.05) is 13.7 Å². The van der Waals surface area contributed by atoms with E-state index in [1.807, 2.05) is 39.8 Å². The van der Waals surface area contributed by atoms with Gasteiger partial charge in [0, 0.05) is 31.7 Å². The fraction of sp³-hybridized carbons (Fsp3) is 0.700. The van der Waals surface area contributed by atoms with E-state index in [4.69, 9.17) is 14.0 Å². The number of hydrogen-bond acceptors (Lipinski definition) is 4. The van der Waals surface area contributed by atoms with E-state index in [1.165, 1.54) is 6.07 Å². The predicted octanol–water partition coefficient (Wildman–Crippen LogP) is 3.12. The highest BCUT2D eigenvalue weighted by atomic mass is 19.1. The van der Waals surface area contributed by atoms with Gasteiger partial charge in [0.1, 0.15) is 5.82 Å². The summed E-state index contributed by atoms with van der Waals surface area (Å²) in [6.07, 6.45) is 2.41. The van der Waals surface area contributed by atoms with Crippen LogP contribution in [-0.4, -0.2) is 49.0 Å². The summed E-state index contributed by atoms with van der Waals surface area (Å²) in [6, 6.07) is 5.73. The van der Waals surface area contributed by atoms with E-state index in [-0.39, 0.29) is 5.82 Å². The molecule has 6 heteroatoms. The Bertz CT molecular complexity index is 636. The molecule has 0 radical (unpaired) electrons. The van der Waals surface area contributed by atoms with Crippen molar-refractivity contribution in [3.8, 4) is 0 Å². The molecule has 0 bridgehead atoms. The number of likely N-dealkylation sites (tertiary alicyclic amines) is 1. The molecule has 2 aliphatic rings. The largest absolute Gasteiger partial charge is 0.497 e. The van der Waals surface area contributed by atoms with Gasteiger partial charge in [-0.25, -0.2) is 4.39 Å². The Kier molecular flexibility index (Phi) is 5.51. The van der Waals surface area contributed by atoms with Crippen LogP contribution < -0.4 is 5.46 Å². The summed E-state index contributed by atoms with van der Waals surface area (Å²) in [7, 11) is 1.11. The molecule has 2 aliphatic heterocycles. The van der Waals surface area contributed by atoms with E-state index >= 15 is 0 Å². The lowest BCUT2D eigenvalue weighted by atomic mass is 9.78. The minimum atomic E-state index is -0.670. The SMILES string of the molecule is COC1CCN(Cc2ccc(F)c(B3OC(C)(C)C(C)(C)O3)c2)C(C)C1. The van der Waals surface area contributed by atoms with Crippen LogP contribution in [0.4, 0.5) is 4.39 Å². The Morgan fingerprint density at radius 2 is 1.88 bits per heavy atom. The van der Waals surface area contributed by atoms with Gasteiger partial charge in [-0.2, -0.15) is 0 Å². The van der Waals surface area contributed by atoms with Gasteiger partial charge in [0.05, 0.1) is 17.3 Å². The minimum absolute atomic E-state index is 0.279. The van der Waals surface area contributed by atoms with Crippen molar-refractivity contribution in [3.05, 3.63) is 29.6 Å². The van der Waals surface area contributed by atoms with Crippen molar-refractivity contribution in [3.63, 3.8) is 0 Å². The first-order valence-electron chi connectivity index (χ1n) is 9.54. The highest BCUT2D eigenvalue weighted by Gasteiger charge is 2.52. The van der Waals surface area contributed by atoms with Crippen LogP contribution in [0.15, 0.2) is 18.2 Å². The van der Waals surface area contributed by atoms with Gasteiger partial charge in [0.2, 0.25) is 0 Å². The Morgan fingerprint density at radius 3 is 2.46 bits per heavy atom. The van der Waals surface area contributed by atoms with Crippen LogP contribution >= 0.6 is 0 Å². The van der Waals surface area contributed by atoms with Crippen molar-refractivity contribution in [1.29, 1.82) is 0 Å². The van der Waals surface area contributed by atoms with Crippen LogP contribution in [0.1, 0.15) is 53.0 Å². The second-order valence-electron chi connectivity index (χ2n) is 8.65. The topological polar surface area (TPSA) is 30.9 Å². The van der Waals surface area contributed by atoms with Crippen molar-refractivity contribution in [2.24, 2.45) is 0 Å². The summed E-state index contributed by atoms with van der Waals surface area (Å²) in [5.74, 6) is -0.279. The monoisotopic (exact) mass is 363 g/mol. The standard InChI is InChI=1S/C20H31BFNO3/c1-14-11-16(24-6)9-10-23(14)13-15-7-8-18(22)17(12-15)21-25-19(2,3)20(4,5)26-21/h7-8,12,14,16H,9-11,13H2,1-6H3. The van der Waals surface area contributed by atoms with Gasteiger partial charge in [-0.1, -0.05) is 12.1 Å². The van der Waals surface area contributed by atoms with Crippen molar-refractivity contribution in [1.82, 2.24) is 4.90 Å². The average Bonchev–Trinajstić information content (AvgIpc) is 2.78. The first kappa shape index (κ1) is 19.8. The molecule has 1 aromatic carbocycles. The van der Waals surface area contributed by atoms with E-state index in [1.54, 1.807) is 7.11 Å². The maximum atomic E-state index is 14.5. The molecule has 2 atom stereocenters. The number of methoxy groups -OCH3 is 1. The van der Waals surface area contributed by atoms with Crippen LogP contribution in [0.3, 0.4) is 0 Å². The zero-order valence-electron chi connectivity index (χ0n) is 16.8. The van der Waals surface area contributed by atoms with E-state index in [0.29, 0.717) is 17.6 Å².